The third-order valence-electron chi connectivity index (χ3n) is 4.74. The van der Waals surface area contributed by atoms with Gasteiger partial charge in [-0.15, -0.1) is 0 Å². The molecule has 164 valence electrons. The number of aryl methyl sites for hydroxylation is 1. The summed E-state index contributed by atoms with van der Waals surface area (Å²) in [5.74, 6) is 1.54. The summed E-state index contributed by atoms with van der Waals surface area (Å²) in [6, 6.07) is 16.7. The molecule has 0 fully saturated rings. The smallest absolute Gasteiger partial charge is 0.270 e. The number of nitrogens with one attached hydrogen (secondary N) is 2. The van der Waals surface area contributed by atoms with Gasteiger partial charge in [0.25, 0.3) is 5.91 Å². The molecule has 8 nitrogen and oxygen atoms in total. The molecule has 2 aromatic heterocycles. The molecule has 32 heavy (non-hydrogen) atoms. The van der Waals surface area contributed by atoms with Gasteiger partial charge in [-0.1, -0.05) is 15.9 Å². The van der Waals surface area contributed by atoms with E-state index in [-0.39, 0.29) is 17.6 Å². The highest BCUT2D eigenvalue weighted by atomic mass is 79.9. The van der Waals surface area contributed by atoms with Crippen molar-refractivity contribution in [2.24, 2.45) is 12.8 Å². The lowest BCUT2D eigenvalue weighted by atomic mass is 10.3. The number of benzene rings is 2. The lowest BCUT2D eigenvalue weighted by Gasteiger charge is -2.09. The maximum absolute atomic E-state index is 12.2. The fourth-order valence-corrected chi connectivity index (χ4v) is 3.36. The Morgan fingerprint density at radius 1 is 1.16 bits per heavy atom. The second-order valence-corrected chi connectivity index (χ2v) is 8.36. The molecule has 2 heterocycles. The minimum Gasteiger partial charge on any atom is -0.457 e. The van der Waals surface area contributed by atoms with Crippen LogP contribution in [0.2, 0.25) is 0 Å². The van der Waals surface area contributed by atoms with Crippen LogP contribution in [0.5, 0.6) is 11.5 Å². The molecule has 0 aliphatic heterocycles. The first kappa shape index (κ1) is 21.8. The SMILES string of the molecule is C[C@H](N)CNC(=O)c1cc(Oc2ccc3c(c2)nc(Nc2ccc(Br)cc2)n3C)ccn1. The van der Waals surface area contributed by atoms with E-state index >= 15 is 0 Å². The number of ether oxygens (including phenoxy) is 1. The van der Waals surface area contributed by atoms with Gasteiger partial charge in [0.05, 0.1) is 11.0 Å². The molecular formula is C23H23BrN6O2. The number of rotatable bonds is 7. The van der Waals surface area contributed by atoms with Gasteiger partial charge in [0.2, 0.25) is 5.95 Å². The van der Waals surface area contributed by atoms with Crippen LogP contribution in [0, 0.1) is 0 Å². The van der Waals surface area contributed by atoms with Gasteiger partial charge in [-0.25, -0.2) is 4.98 Å². The summed E-state index contributed by atoms with van der Waals surface area (Å²) >= 11 is 3.44. The van der Waals surface area contributed by atoms with Gasteiger partial charge >= 0.3 is 0 Å². The Morgan fingerprint density at radius 3 is 2.66 bits per heavy atom. The van der Waals surface area contributed by atoms with E-state index in [2.05, 4.69) is 31.5 Å². The zero-order valence-electron chi connectivity index (χ0n) is 17.7. The fraction of sp³-hybridized carbons (Fsp3) is 0.174. The molecule has 4 N–H and O–H groups in total. The van der Waals surface area contributed by atoms with Crippen LogP contribution in [0.25, 0.3) is 11.0 Å². The highest BCUT2D eigenvalue weighted by Gasteiger charge is 2.12. The minimum atomic E-state index is -0.295. The fourth-order valence-electron chi connectivity index (χ4n) is 3.10. The average Bonchev–Trinajstić information content (AvgIpc) is 3.08. The molecular weight excluding hydrogens is 472 g/mol. The van der Waals surface area contributed by atoms with Gasteiger partial charge < -0.3 is 25.7 Å². The molecule has 1 atom stereocenters. The van der Waals surface area contributed by atoms with Crippen molar-refractivity contribution in [2.45, 2.75) is 13.0 Å². The first-order valence-electron chi connectivity index (χ1n) is 10.1. The van der Waals surface area contributed by atoms with E-state index < -0.39 is 0 Å². The average molecular weight is 495 g/mol. The van der Waals surface area contributed by atoms with E-state index in [1.54, 1.807) is 12.1 Å². The van der Waals surface area contributed by atoms with Crippen molar-refractivity contribution in [3.8, 4) is 11.5 Å². The molecule has 0 radical (unpaired) electrons. The number of hydrogen-bond donors (Lipinski definition) is 3. The molecule has 9 heteroatoms. The van der Waals surface area contributed by atoms with Crippen molar-refractivity contribution in [3.63, 3.8) is 0 Å². The summed E-state index contributed by atoms with van der Waals surface area (Å²) in [7, 11) is 1.95. The molecule has 0 bridgehead atoms. The zero-order valence-corrected chi connectivity index (χ0v) is 19.3. The third-order valence-corrected chi connectivity index (χ3v) is 5.27. The van der Waals surface area contributed by atoms with Crippen LogP contribution < -0.4 is 21.1 Å². The second-order valence-electron chi connectivity index (χ2n) is 7.44. The number of aromatic nitrogens is 3. The number of fused-ring (bicyclic) bond motifs is 1. The quantitative estimate of drug-likeness (QED) is 0.352. The summed E-state index contributed by atoms with van der Waals surface area (Å²) < 4.78 is 8.96. The Balaban J connectivity index is 1.52. The van der Waals surface area contributed by atoms with Gasteiger partial charge in [0, 0.05) is 48.1 Å². The van der Waals surface area contributed by atoms with Gasteiger partial charge in [0.15, 0.2) is 0 Å². The molecule has 0 aliphatic carbocycles. The van der Waals surface area contributed by atoms with Crippen LogP contribution in [0.15, 0.2) is 65.3 Å². The van der Waals surface area contributed by atoms with Crippen molar-refractivity contribution >= 4 is 44.5 Å². The topological polar surface area (TPSA) is 107 Å². The Labute approximate surface area is 193 Å². The molecule has 4 aromatic rings. The highest BCUT2D eigenvalue weighted by Crippen LogP contribution is 2.28. The number of carbonyl (C=O) groups is 1. The second kappa shape index (κ2) is 9.37. The monoisotopic (exact) mass is 494 g/mol. The Morgan fingerprint density at radius 2 is 1.91 bits per heavy atom. The third kappa shape index (κ3) is 5.06. The van der Waals surface area contributed by atoms with Crippen molar-refractivity contribution in [3.05, 3.63) is 71.0 Å². The predicted molar refractivity (Wildman–Crippen MR) is 128 cm³/mol. The van der Waals surface area contributed by atoms with Crippen LogP contribution in [0.4, 0.5) is 11.6 Å². The maximum Gasteiger partial charge on any atom is 0.270 e. The van der Waals surface area contributed by atoms with Gasteiger partial charge in [0.1, 0.15) is 17.2 Å². The van der Waals surface area contributed by atoms with Crippen molar-refractivity contribution < 1.29 is 9.53 Å². The summed E-state index contributed by atoms with van der Waals surface area (Å²) in [5.41, 5.74) is 8.64. The lowest BCUT2D eigenvalue weighted by molar-refractivity contribution is 0.0946. The van der Waals surface area contributed by atoms with E-state index in [0.717, 1.165) is 27.1 Å². The number of anilines is 2. The molecule has 4 rings (SSSR count). The Bertz CT molecular complexity index is 1250. The number of hydrogen-bond acceptors (Lipinski definition) is 6. The lowest BCUT2D eigenvalue weighted by Crippen LogP contribution is -2.35. The summed E-state index contributed by atoms with van der Waals surface area (Å²) in [4.78, 5) is 21.0. The normalized spacial score (nSPS) is 11.9. The van der Waals surface area contributed by atoms with Crippen LogP contribution in [-0.2, 0) is 7.05 Å². The van der Waals surface area contributed by atoms with Crippen molar-refractivity contribution in [1.29, 1.82) is 0 Å². The number of nitrogens with two attached hydrogens (primary N) is 1. The standard InChI is InChI=1S/C23H23BrN6O2/c1-14(25)13-27-22(31)20-12-18(9-10-26-20)32-17-7-8-21-19(11-17)29-23(30(21)2)28-16-5-3-15(24)4-6-16/h3-12,14H,13,25H2,1-2H3,(H,27,31)(H,28,29)/t14-/m0/s1. The van der Waals surface area contributed by atoms with Crippen LogP contribution in [0.1, 0.15) is 17.4 Å². The van der Waals surface area contributed by atoms with Crippen LogP contribution >= 0.6 is 15.9 Å². The maximum atomic E-state index is 12.2. The van der Waals surface area contributed by atoms with Crippen molar-refractivity contribution in [1.82, 2.24) is 19.9 Å². The largest absolute Gasteiger partial charge is 0.457 e. The zero-order chi connectivity index (χ0) is 22.7. The van der Waals surface area contributed by atoms with Gasteiger partial charge in [-0.3, -0.25) is 9.78 Å². The summed E-state index contributed by atoms with van der Waals surface area (Å²) in [6.45, 7) is 2.19. The van der Waals surface area contributed by atoms with Gasteiger partial charge in [-0.2, -0.15) is 0 Å². The van der Waals surface area contributed by atoms with E-state index in [9.17, 15) is 4.79 Å². The van der Waals surface area contributed by atoms with E-state index in [1.807, 2.05) is 61.0 Å². The molecule has 1 amide bonds. The predicted octanol–water partition coefficient (Wildman–Crippen LogP) is 4.34. The minimum absolute atomic E-state index is 0.133. The van der Waals surface area contributed by atoms with Gasteiger partial charge in [-0.05, 0) is 49.4 Å². The number of nitrogens with zero attached hydrogens (tertiary/aromatic N) is 3. The van der Waals surface area contributed by atoms with Crippen molar-refractivity contribution in [2.75, 3.05) is 11.9 Å². The molecule has 2 aromatic carbocycles. The number of imidazole rings is 1. The van der Waals surface area contributed by atoms with Crippen LogP contribution in [0.3, 0.4) is 0 Å². The van der Waals surface area contributed by atoms with Crippen LogP contribution in [-0.4, -0.2) is 33.0 Å². The number of carbonyl (C=O) groups excluding carboxylic acids is 1. The highest BCUT2D eigenvalue weighted by molar-refractivity contribution is 9.10. The first-order chi connectivity index (χ1) is 15.4. The number of halogens is 1. The molecule has 0 spiro atoms. The van der Waals surface area contributed by atoms with E-state index in [0.29, 0.717) is 18.0 Å². The summed E-state index contributed by atoms with van der Waals surface area (Å²) in [6.07, 6.45) is 1.54. The molecule has 0 aliphatic rings. The first-order valence-corrected chi connectivity index (χ1v) is 10.8. The Kier molecular flexibility index (Phi) is 6.38. The number of pyridine rings is 1. The summed E-state index contributed by atoms with van der Waals surface area (Å²) in [5, 5.41) is 6.07. The molecule has 0 saturated carbocycles. The van der Waals surface area contributed by atoms with E-state index in [4.69, 9.17) is 15.5 Å². The molecule has 0 unspecified atom stereocenters. The molecule has 0 saturated heterocycles. The Hall–Kier alpha value is -3.43. The number of amides is 1. The van der Waals surface area contributed by atoms with E-state index in [1.165, 1.54) is 6.20 Å².